The Morgan fingerprint density at radius 1 is 1.36 bits per heavy atom. The Hall–Kier alpha value is -2.35. The lowest BCUT2D eigenvalue weighted by Crippen LogP contribution is -2.15. The Kier molecular flexibility index (Phi) is 4.23. The highest BCUT2D eigenvalue weighted by Gasteiger charge is 2.20. The molecule has 1 aromatic heterocycles. The van der Waals surface area contributed by atoms with Crippen molar-refractivity contribution in [2.24, 2.45) is 7.05 Å². The Bertz CT molecular complexity index is 809. The van der Waals surface area contributed by atoms with Gasteiger partial charge in [-0.25, -0.2) is 13.2 Å². The third-order valence-corrected chi connectivity index (χ3v) is 4.50. The van der Waals surface area contributed by atoms with Crippen LogP contribution in [0, 0.1) is 0 Å². The van der Waals surface area contributed by atoms with Gasteiger partial charge in [0.15, 0.2) is 0 Å². The molecule has 0 bridgehead atoms. The second-order valence-corrected chi connectivity index (χ2v) is 6.90. The summed E-state index contributed by atoms with van der Waals surface area (Å²) in [6, 6.07) is 4.65. The van der Waals surface area contributed by atoms with E-state index in [-0.39, 0.29) is 22.1 Å². The number of aromatic nitrogens is 2. The third-order valence-electron chi connectivity index (χ3n) is 3.18. The van der Waals surface area contributed by atoms with Crippen LogP contribution in [0.4, 0.5) is 5.69 Å². The zero-order valence-electron chi connectivity index (χ0n) is 12.4. The van der Waals surface area contributed by atoms with Crippen LogP contribution in [0.5, 0.6) is 0 Å². The fraction of sp³-hybridized carbons (Fsp3) is 0.286. The lowest BCUT2D eigenvalue weighted by Gasteiger charge is -2.12. The second kappa shape index (κ2) is 5.80. The van der Waals surface area contributed by atoms with Gasteiger partial charge in [-0.2, -0.15) is 5.10 Å². The summed E-state index contributed by atoms with van der Waals surface area (Å²) >= 11 is 0. The number of aromatic carboxylic acids is 1. The number of benzene rings is 1. The van der Waals surface area contributed by atoms with Crippen molar-refractivity contribution in [2.45, 2.75) is 24.7 Å². The molecule has 2 aromatic rings. The normalized spacial score (nSPS) is 11.6. The number of sulfonamides is 1. The average Bonchev–Trinajstić information content (AvgIpc) is 2.85. The number of carboxylic acids is 1. The summed E-state index contributed by atoms with van der Waals surface area (Å²) in [6.45, 7) is 3.86. The number of anilines is 1. The van der Waals surface area contributed by atoms with Crippen LogP contribution in [0.15, 0.2) is 35.5 Å². The molecule has 1 heterocycles. The molecule has 1 aromatic carbocycles. The molecule has 0 aliphatic rings. The number of carbonyl (C=O) groups is 1. The fourth-order valence-electron chi connectivity index (χ4n) is 1.93. The predicted octanol–water partition coefficient (Wildman–Crippen LogP) is 2.04. The molecule has 0 saturated carbocycles. The van der Waals surface area contributed by atoms with Crippen LogP contribution in [-0.4, -0.2) is 29.3 Å². The summed E-state index contributed by atoms with van der Waals surface area (Å²) in [6.07, 6.45) is 2.54. The first kappa shape index (κ1) is 16.0. The molecular formula is C14H17N3O4S. The van der Waals surface area contributed by atoms with Gasteiger partial charge in [0.1, 0.15) is 4.90 Å². The second-order valence-electron chi connectivity index (χ2n) is 5.22. The van der Waals surface area contributed by atoms with E-state index in [1.165, 1.54) is 29.2 Å². The van der Waals surface area contributed by atoms with Crippen LogP contribution in [0.2, 0.25) is 0 Å². The summed E-state index contributed by atoms with van der Waals surface area (Å²) in [5.74, 6) is -1.05. The van der Waals surface area contributed by atoms with E-state index in [1.54, 1.807) is 13.1 Å². The Labute approximate surface area is 128 Å². The highest BCUT2D eigenvalue weighted by atomic mass is 32.2. The number of aryl methyl sites for hydroxylation is 1. The van der Waals surface area contributed by atoms with Crippen LogP contribution in [-0.2, 0) is 17.1 Å². The highest BCUT2D eigenvalue weighted by Crippen LogP contribution is 2.24. The summed E-state index contributed by atoms with van der Waals surface area (Å²) in [4.78, 5) is 11.3. The Morgan fingerprint density at radius 2 is 2.05 bits per heavy atom. The molecule has 0 aliphatic carbocycles. The van der Waals surface area contributed by atoms with E-state index < -0.39 is 16.0 Å². The maximum absolute atomic E-state index is 12.3. The third kappa shape index (κ3) is 3.28. The van der Waals surface area contributed by atoms with Gasteiger partial charge in [-0.15, -0.1) is 0 Å². The number of rotatable bonds is 5. The van der Waals surface area contributed by atoms with E-state index in [4.69, 9.17) is 0 Å². The van der Waals surface area contributed by atoms with Crippen molar-refractivity contribution in [3.63, 3.8) is 0 Å². The van der Waals surface area contributed by atoms with Gasteiger partial charge < -0.3 is 5.11 Å². The number of carboxylic acid groups (broad SMARTS) is 1. The molecule has 7 nitrogen and oxygen atoms in total. The van der Waals surface area contributed by atoms with E-state index in [0.29, 0.717) is 0 Å². The molecular weight excluding hydrogens is 306 g/mol. The molecule has 118 valence electrons. The van der Waals surface area contributed by atoms with Gasteiger partial charge in [0.05, 0.1) is 17.4 Å². The SMILES string of the molecule is CC(C)c1ccc(NS(=O)(=O)c2cnn(C)c2)c(C(=O)O)c1. The zero-order valence-corrected chi connectivity index (χ0v) is 13.3. The topological polar surface area (TPSA) is 101 Å². The number of nitrogens with one attached hydrogen (secondary N) is 1. The fourth-order valence-corrected chi connectivity index (χ4v) is 2.99. The van der Waals surface area contributed by atoms with E-state index in [9.17, 15) is 18.3 Å². The number of nitrogens with zero attached hydrogens (tertiary/aromatic N) is 2. The molecule has 0 fully saturated rings. The van der Waals surface area contributed by atoms with Crippen LogP contribution in [0.25, 0.3) is 0 Å². The molecule has 2 N–H and O–H groups in total. The van der Waals surface area contributed by atoms with Crippen LogP contribution < -0.4 is 4.72 Å². The lowest BCUT2D eigenvalue weighted by atomic mass is 10.00. The predicted molar refractivity (Wildman–Crippen MR) is 81.5 cm³/mol. The van der Waals surface area contributed by atoms with Crippen molar-refractivity contribution in [2.75, 3.05) is 4.72 Å². The van der Waals surface area contributed by atoms with Crippen molar-refractivity contribution in [1.29, 1.82) is 0 Å². The molecule has 0 aliphatic heterocycles. The van der Waals surface area contributed by atoms with Crippen LogP contribution in [0.1, 0.15) is 35.7 Å². The van der Waals surface area contributed by atoms with Gasteiger partial charge in [-0.05, 0) is 23.6 Å². The standard InChI is InChI=1S/C14H17N3O4S/c1-9(2)10-4-5-13(12(6-10)14(18)19)16-22(20,21)11-7-15-17(3)8-11/h4-9,16H,1-3H3,(H,18,19). The van der Waals surface area contributed by atoms with E-state index in [2.05, 4.69) is 9.82 Å². The van der Waals surface area contributed by atoms with Crippen LogP contribution in [0.3, 0.4) is 0 Å². The molecule has 0 spiro atoms. The van der Waals surface area contributed by atoms with Crippen molar-refractivity contribution in [3.8, 4) is 0 Å². The molecule has 0 saturated heterocycles. The molecule has 2 rings (SSSR count). The smallest absolute Gasteiger partial charge is 0.337 e. The van der Waals surface area contributed by atoms with Crippen molar-refractivity contribution >= 4 is 21.7 Å². The van der Waals surface area contributed by atoms with Gasteiger partial charge in [-0.3, -0.25) is 9.40 Å². The minimum atomic E-state index is -3.88. The van der Waals surface area contributed by atoms with Gasteiger partial charge >= 0.3 is 5.97 Å². The zero-order chi connectivity index (χ0) is 16.5. The average molecular weight is 323 g/mol. The van der Waals surface area contributed by atoms with Gasteiger partial charge in [0, 0.05) is 13.2 Å². The largest absolute Gasteiger partial charge is 0.478 e. The molecule has 0 radical (unpaired) electrons. The lowest BCUT2D eigenvalue weighted by molar-refractivity contribution is 0.0698. The van der Waals surface area contributed by atoms with Crippen molar-refractivity contribution in [1.82, 2.24) is 9.78 Å². The van der Waals surface area contributed by atoms with Crippen LogP contribution >= 0.6 is 0 Å². The summed E-state index contributed by atoms with van der Waals surface area (Å²) in [5, 5.41) is 13.1. The van der Waals surface area contributed by atoms with E-state index in [1.807, 2.05) is 13.8 Å². The minimum Gasteiger partial charge on any atom is -0.478 e. The summed E-state index contributed by atoms with van der Waals surface area (Å²) < 4.78 is 28.2. The number of hydrogen-bond donors (Lipinski definition) is 2. The summed E-state index contributed by atoms with van der Waals surface area (Å²) in [5.41, 5.74) is 0.765. The van der Waals surface area contributed by atoms with Crippen molar-refractivity contribution < 1.29 is 18.3 Å². The molecule has 0 amide bonds. The Balaban J connectivity index is 2.43. The molecule has 0 atom stereocenters. The van der Waals surface area contributed by atoms with Gasteiger partial charge in [0.2, 0.25) is 0 Å². The van der Waals surface area contributed by atoms with E-state index in [0.717, 1.165) is 5.56 Å². The quantitative estimate of drug-likeness (QED) is 0.877. The monoisotopic (exact) mass is 323 g/mol. The highest BCUT2D eigenvalue weighted by molar-refractivity contribution is 7.92. The maximum atomic E-state index is 12.3. The van der Waals surface area contributed by atoms with Gasteiger partial charge in [0.25, 0.3) is 10.0 Å². The molecule has 8 heteroatoms. The summed E-state index contributed by atoms with van der Waals surface area (Å²) in [7, 11) is -2.28. The Morgan fingerprint density at radius 3 is 2.55 bits per heavy atom. The minimum absolute atomic E-state index is 0.0284. The molecule has 0 unspecified atom stereocenters. The maximum Gasteiger partial charge on any atom is 0.337 e. The first-order valence-corrected chi connectivity index (χ1v) is 8.07. The van der Waals surface area contributed by atoms with E-state index >= 15 is 0 Å². The molecule has 22 heavy (non-hydrogen) atoms. The number of hydrogen-bond acceptors (Lipinski definition) is 4. The first-order chi connectivity index (χ1) is 10.2. The van der Waals surface area contributed by atoms with Gasteiger partial charge in [-0.1, -0.05) is 19.9 Å². The van der Waals surface area contributed by atoms with Crippen molar-refractivity contribution in [3.05, 3.63) is 41.7 Å². The first-order valence-electron chi connectivity index (χ1n) is 6.59.